The number of aliphatic carboxylic acids is 1. The van der Waals surface area contributed by atoms with E-state index in [1.807, 2.05) is 65.6 Å². The molecule has 3 heteroatoms. The Balaban J connectivity index is 2.27. The number of anilines is 1. The van der Waals surface area contributed by atoms with E-state index >= 15 is 0 Å². The van der Waals surface area contributed by atoms with E-state index in [-0.39, 0.29) is 0 Å². The van der Waals surface area contributed by atoms with Gasteiger partial charge in [-0.3, -0.25) is 0 Å². The maximum absolute atomic E-state index is 11.3. The van der Waals surface area contributed by atoms with Crippen molar-refractivity contribution >= 4 is 11.7 Å². The molecule has 0 amide bonds. The molecule has 2 aromatic rings. The number of carboxylic acid groups (broad SMARTS) is 1. The van der Waals surface area contributed by atoms with Crippen LogP contribution in [0.4, 0.5) is 5.69 Å². The van der Waals surface area contributed by atoms with Crippen molar-refractivity contribution in [1.29, 1.82) is 0 Å². The van der Waals surface area contributed by atoms with E-state index in [1.165, 1.54) is 0 Å². The minimum Gasteiger partial charge on any atom is -0.480 e. The van der Waals surface area contributed by atoms with Crippen molar-refractivity contribution in [3.8, 4) is 0 Å². The van der Waals surface area contributed by atoms with Gasteiger partial charge in [-0.15, -0.1) is 0 Å². The summed E-state index contributed by atoms with van der Waals surface area (Å²) in [5.74, 6) is -0.820. The summed E-state index contributed by atoms with van der Waals surface area (Å²) >= 11 is 0. The molecule has 0 bridgehead atoms. The summed E-state index contributed by atoms with van der Waals surface area (Å²) in [5.41, 5.74) is 2.01. The summed E-state index contributed by atoms with van der Waals surface area (Å²) in [5, 5.41) is 9.25. The highest BCUT2D eigenvalue weighted by Gasteiger charge is 2.20. The third-order valence-corrected chi connectivity index (χ3v) is 3.11. The number of hydrogen-bond acceptors (Lipinski definition) is 2. The smallest absolute Gasteiger partial charge is 0.326 e. The number of hydrogen-bond donors (Lipinski definition) is 1. The monoisotopic (exact) mass is 255 g/mol. The number of benzene rings is 2. The quantitative estimate of drug-likeness (QED) is 0.892. The first-order valence-electron chi connectivity index (χ1n) is 6.27. The standard InChI is InChI=1S/C16H17NO2/c1-13(16(18)19)17(15-10-6-3-7-11-15)12-14-8-4-2-5-9-14/h2-11,13H,12H2,1H3,(H,18,19). The molecule has 1 unspecified atom stereocenters. The van der Waals surface area contributed by atoms with Gasteiger partial charge >= 0.3 is 5.97 Å². The van der Waals surface area contributed by atoms with Gasteiger partial charge < -0.3 is 10.0 Å². The Hall–Kier alpha value is -2.29. The van der Waals surface area contributed by atoms with Crippen LogP contribution < -0.4 is 4.90 Å². The molecule has 1 atom stereocenters. The van der Waals surface area contributed by atoms with E-state index < -0.39 is 12.0 Å². The normalized spacial score (nSPS) is 11.8. The lowest BCUT2D eigenvalue weighted by molar-refractivity contribution is -0.138. The third-order valence-electron chi connectivity index (χ3n) is 3.11. The number of rotatable bonds is 5. The van der Waals surface area contributed by atoms with Crippen molar-refractivity contribution in [2.75, 3.05) is 4.90 Å². The maximum Gasteiger partial charge on any atom is 0.326 e. The van der Waals surface area contributed by atoms with E-state index in [0.29, 0.717) is 6.54 Å². The number of para-hydroxylation sites is 1. The Labute approximate surface area is 113 Å². The zero-order valence-corrected chi connectivity index (χ0v) is 10.9. The topological polar surface area (TPSA) is 40.5 Å². The Morgan fingerprint density at radius 1 is 1.05 bits per heavy atom. The summed E-state index contributed by atoms with van der Waals surface area (Å²) in [6.45, 7) is 2.29. The molecule has 0 aromatic heterocycles. The lowest BCUT2D eigenvalue weighted by Crippen LogP contribution is -2.38. The molecule has 0 aliphatic heterocycles. The molecule has 2 aromatic carbocycles. The first kappa shape index (κ1) is 13.1. The SMILES string of the molecule is CC(C(=O)O)N(Cc1ccccc1)c1ccccc1. The van der Waals surface area contributed by atoms with Crippen LogP contribution in [0.5, 0.6) is 0 Å². The molecule has 0 spiro atoms. The first-order chi connectivity index (χ1) is 9.18. The molecular weight excluding hydrogens is 238 g/mol. The van der Waals surface area contributed by atoms with Gasteiger partial charge in [-0.25, -0.2) is 4.79 Å². The van der Waals surface area contributed by atoms with Crippen molar-refractivity contribution in [2.45, 2.75) is 19.5 Å². The van der Waals surface area contributed by atoms with Crippen LogP contribution in [0.1, 0.15) is 12.5 Å². The van der Waals surface area contributed by atoms with E-state index in [9.17, 15) is 9.90 Å². The summed E-state index contributed by atoms with van der Waals surface area (Å²) in [7, 11) is 0. The third kappa shape index (κ3) is 3.35. The molecule has 0 aliphatic carbocycles. The highest BCUT2D eigenvalue weighted by molar-refractivity contribution is 5.77. The van der Waals surface area contributed by atoms with E-state index in [4.69, 9.17) is 0 Å². The number of nitrogens with zero attached hydrogens (tertiary/aromatic N) is 1. The Kier molecular flexibility index (Phi) is 4.18. The zero-order valence-electron chi connectivity index (χ0n) is 10.9. The predicted molar refractivity (Wildman–Crippen MR) is 76.2 cm³/mol. The molecule has 0 heterocycles. The van der Waals surface area contributed by atoms with Crippen molar-refractivity contribution in [3.05, 3.63) is 66.2 Å². The van der Waals surface area contributed by atoms with Gasteiger partial charge in [0.2, 0.25) is 0 Å². The molecule has 3 nitrogen and oxygen atoms in total. The van der Waals surface area contributed by atoms with Gasteiger partial charge in [-0.05, 0) is 24.6 Å². The maximum atomic E-state index is 11.3. The van der Waals surface area contributed by atoms with Crippen LogP contribution in [-0.4, -0.2) is 17.1 Å². The average Bonchev–Trinajstić information content (AvgIpc) is 2.46. The molecule has 0 saturated heterocycles. The van der Waals surface area contributed by atoms with Gasteiger partial charge in [0.25, 0.3) is 0 Å². The highest BCUT2D eigenvalue weighted by Crippen LogP contribution is 2.19. The summed E-state index contributed by atoms with van der Waals surface area (Å²) in [6, 6.07) is 19.0. The van der Waals surface area contributed by atoms with Gasteiger partial charge in [-0.2, -0.15) is 0 Å². The molecule has 0 fully saturated rings. The fraction of sp³-hybridized carbons (Fsp3) is 0.188. The van der Waals surface area contributed by atoms with Gasteiger partial charge in [-0.1, -0.05) is 48.5 Å². The van der Waals surface area contributed by atoms with Crippen LogP contribution in [0.2, 0.25) is 0 Å². The lowest BCUT2D eigenvalue weighted by atomic mass is 10.1. The van der Waals surface area contributed by atoms with E-state index in [2.05, 4.69) is 0 Å². The van der Waals surface area contributed by atoms with Gasteiger partial charge in [0.15, 0.2) is 0 Å². The zero-order chi connectivity index (χ0) is 13.7. The fourth-order valence-corrected chi connectivity index (χ4v) is 1.98. The van der Waals surface area contributed by atoms with Crippen LogP contribution >= 0.6 is 0 Å². The van der Waals surface area contributed by atoms with Crippen molar-refractivity contribution in [1.82, 2.24) is 0 Å². The lowest BCUT2D eigenvalue weighted by Gasteiger charge is -2.28. The minimum atomic E-state index is -0.820. The van der Waals surface area contributed by atoms with Crippen molar-refractivity contribution < 1.29 is 9.90 Å². The van der Waals surface area contributed by atoms with E-state index in [0.717, 1.165) is 11.3 Å². The second kappa shape index (κ2) is 6.05. The second-order valence-electron chi connectivity index (χ2n) is 4.46. The molecule has 0 saturated carbocycles. The van der Waals surface area contributed by atoms with Crippen LogP contribution in [-0.2, 0) is 11.3 Å². The summed E-state index contributed by atoms with van der Waals surface area (Å²) in [4.78, 5) is 13.1. The Morgan fingerprint density at radius 3 is 2.11 bits per heavy atom. The molecular formula is C16H17NO2. The molecule has 19 heavy (non-hydrogen) atoms. The van der Waals surface area contributed by atoms with Crippen molar-refractivity contribution in [2.24, 2.45) is 0 Å². The second-order valence-corrected chi connectivity index (χ2v) is 4.46. The predicted octanol–water partition coefficient (Wildman–Crippen LogP) is 3.17. The summed E-state index contributed by atoms with van der Waals surface area (Å²) in [6.07, 6.45) is 0. The minimum absolute atomic E-state index is 0.567. The Morgan fingerprint density at radius 2 is 1.58 bits per heavy atom. The highest BCUT2D eigenvalue weighted by atomic mass is 16.4. The van der Waals surface area contributed by atoms with Gasteiger partial charge in [0.1, 0.15) is 6.04 Å². The number of carbonyl (C=O) groups is 1. The molecule has 1 N–H and O–H groups in total. The van der Waals surface area contributed by atoms with Crippen LogP contribution in [0.15, 0.2) is 60.7 Å². The fourth-order valence-electron chi connectivity index (χ4n) is 1.98. The van der Waals surface area contributed by atoms with Crippen LogP contribution in [0, 0.1) is 0 Å². The Bertz CT molecular complexity index is 525. The van der Waals surface area contributed by atoms with Gasteiger partial charge in [0.05, 0.1) is 0 Å². The van der Waals surface area contributed by atoms with Crippen LogP contribution in [0.25, 0.3) is 0 Å². The molecule has 2 rings (SSSR count). The molecule has 0 aliphatic rings. The van der Waals surface area contributed by atoms with Gasteiger partial charge in [0, 0.05) is 12.2 Å². The number of carboxylic acids is 1. The van der Waals surface area contributed by atoms with E-state index in [1.54, 1.807) is 6.92 Å². The first-order valence-corrected chi connectivity index (χ1v) is 6.27. The van der Waals surface area contributed by atoms with Crippen LogP contribution in [0.3, 0.4) is 0 Å². The average molecular weight is 255 g/mol. The summed E-state index contributed by atoms with van der Waals surface area (Å²) < 4.78 is 0. The largest absolute Gasteiger partial charge is 0.480 e. The van der Waals surface area contributed by atoms with Crippen molar-refractivity contribution in [3.63, 3.8) is 0 Å². The molecule has 98 valence electrons. The molecule has 0 radical (unpaired) electrons.